The van der Waals surface area contributed by atoms with Crippen LogP contribution in [0.25, 0.3) is 0 Å². The Hall–Kier alpha value is -2.34. The van der Waals surface area contributed by atoms with Gasteiger partial charge in [-0.1, -0.05) is 0 Å². The van der Waals surface area contributed by atoms with E-state index in [1.165, 1.54) is 16.4 Å². The van der Waals surface area contributed by atoms with E-state index in [0.717, 1.165) is 12.0 Å². The van der Waals surface area contributed by atoms with Crippen molar-refractivity contribution in [2.24, 2.45) is 0 Å². The molecule has 1 aliphatic heterocycles. The zero-order chi connectivity index (χ0) is 23.3. The summed E-state index contributed by atoms with van der Waals surface area (Å²) >= 11 is 5.12. The van der Waals surface area contributed by atoms with Gasteiger partial charge in [-0.25, -0.2) is 0 Å². The number of carbonyl (C=O) groups is 2. The van der Waals surface area contributed by atoms with Crippen molar-refractivity contribution in [3.05, 3.63) is 82.2 Å². The van der Waals surface area contributed by atoms with Gasteiger partial charge in [0.1, 0.15) is 6.79 Å². The number of carbonyl (C=O) groups excluding carboxylic acids is 2. The van der Waals surface area contributed by atoms with Crippen LogP contribution >= 0.6 is 18.1 Å². The molecule has 0 spiro atoms. The number of hydrogen-bond donors (Lipinski definition) is 1. The zero-order valence-electron chi connectivity index (χ0n) is 18.7. The molecule has 2 aliphatic rings. The van der Waals surface area contributed by atoms with Crippen LogP contribution in [-0.4, -0.2) is 38.4 Å². The Labute approximate surface area is 191 Å². The third-order valence-electron chi connectivity index (χ3n) is 5.78. The van der Waals surface area contributed by atoms with E-state index < -0.39 is 5.81 Å². The molecule has 164 valence electrons. The quantitative estimate of drug-likeness (QED) is 0.193. The summed E-state index contributed by atoms with van der Waals surface area (Å²) in [5, 5.41) is 1.20. The van der Waals surface area contributed by atoms with Crippen LogP contribution in [0.1, 0.15) is 30.4 Å². The molecule has 0 bridgehead atoms. The second-order valence-corrected chi connectivity index (χ2v) is 17.7. The molecule has 5 heteroatoms. The maximum Gasteiger partial charge on any atom is 0.106 e. The number of benzene rings is 1. The third kappa shape index (κ3) is 5.48. The van der Waals surface area contributed by atoms with Crippen LogP contribution in [0.3, 0.4) is 0 Å². The van der Waals surface area contributed by atoms with Gasteiger partial charge in [-0.2, -0.15) is 0 Å². The predicted molar refractivity (Wildman–Crippen MR) is 136 cm³/mol. The number of ether oxygens (including phenoxy) is 1. The fourth-order valence-electron chi connectivity index (χ4n) is 4.15. The molecule has 1 heterocycles. The Morgan fingerprint density at radius 2 is 1.90 bits per heavy atom. The summed E-state index contributed by atoms with van der Waals surface area (Å²) < 4.78 is 5.51. The minimum atomic E-state index is -2.34. The first-order valence-electron chi connectivity index (χ1n) is 10.1. The first-order valence-corrected chi connectivity index (χ1v) is 14.5. The second-order valence-electron chi connectivity index (χ2n) is 8.63. The minimum Gasteiger partial charge on any atom is -0.307 e. The smallest absolute Gasteiger partial charge is 0.106 e. The van der Waals surface area contributed by atoms with Gasteiger partial charge in [-0.3, -0.25) is 0 Å². The zero-order valence-corrected chi connectivity index (χ0v) is 20.5. The molecule has 0 radical (unpaired) electrons. The summed E-state index contributed by atoms with van der Waals surface area (Å²) in [6.45, 7) is 10.8. The summed E-state index contributed by atoms with van der Waals surface area (Å²) in [5.74, 6) is 0.194. The number of hydrogen-bond acceptors (Lipinski definition) is 4. The topological polar surface area (TPSA) is 43.4 Å². The Kier molecular flexibility index (Phi) is 7.93. The predicted octanol–water partition coefficient (Wildman–Crippen LogP) is 5.83. The minimum absolute atomic E-state index is 0.256. The first kappa shape index (κ1) is 24.9. The molecule has 1 aliphatic carbocycles. The van der Waals surface area contributed by atoms with Crippen molar-refractivity contribution in [3.8, 4) is 12.3 Å². The molecule has 0 saturated carbocycles. The Morgan fingerprint density at radius 3 is 2.52 bits per heavy atom. The van der Waals surface area contributed by atoms with Gasteiger partial charge in [0.05, 0.1) is 0 Å². The van der Waals surface area contributed by atoms with Gasteiger partial charge in [0.15, 0.2) is 0 Å². The molecule has 2 atom stereocenters. The Balaban J connectivity index is 0.00000166. The standard InChI is InChI=1S/C25H29O2PS.CH2O/c1-6-9-18(2)10-7-8-17-27-25(26)22-16-15-21(20-13-11-19(3)12-14-20)23-24(22)28(23,4,5)29;1-2/h1,7-9,11-16,21,23,29H,10,17H2,2-5H3;1H2/b8-7-,18-9-;. The van der Waals surface area contributed by atoms with Crippen LogP contribution in [0.2, 0.25) is 0 Å². The van der Waals surface area contributed by atoms with Crippen LogP contribution in [0, 0.1) is 19.3 Å². The van der Waals surface area contributed by atoms with Crippen molar-refractivity contribution in [2.75, 3.05) is 19.9 Å². The van der Waals surface area contributed by atoms with Gasteiger partial charge in [-0.15, -0.1) is 0 Å². The number of fused-ring (bicyclic) bond motifs is 1. The average molecular weight is 455 g/mol. The van der Waals surface area contributed by atoms with Gasteiger partial charge in [0.25, 0.3) is 0 Å². The van der Waals surface area contributed by atoms with E-state index in [4.69, 9.17) is 28.2 Å². The second kappa shape index (κ2) is 9.86. The van der Waals surface area contributed by atoms with Gasteiger partial charge in [-0.05, 0) is 0 Å². The molecule has 1 saturated heterocycles. The van der Waals surface area contributed by atoms with E-state index in [2.05, 4.69) is 56.5 Å². The molecule has 3 rings (SSSR count). The maximum atomic E-state index is 12.7. The average Bonchev–Trinajstić information content (AvgIpc) is 3.25. The molecule has 31 heavy (non-hydrogen) atoms. The van der Waals surface area contributed by atoms with Crippen LogP contribution in [0.4, 0.5) is 0 Å². The van der Waals surface area contributed by atoms with Crippen molar-refractivity contribution in [3.63, 3.8) is 0 Å². The number of esters is 1. The van der Waals surface area contributed by atoms with Crippen LogP contribution in [0.5, 0.6) is 0 Å². The molecular formula is C26H31O3PS. The van der Waals surface area contributed by atoms with Gasteiger partial charge < -0.3 is 4.79 Å². The molecule has 0 N–H and O–H groups in total. The summed E-state index contributed by atoms with van der Waals surface area (Å²) in [5.41, 5.74) is 4.64. The number of rotatable bonds is 6. The van der Waals surface area contributed by atoms with Gasteiger partial charge in [0, 0.05) is 0 Å². The van der Waals surface area contributed by atoms with E-state index in [0.29, 0.717) is 11.2 Å². The summed E-state index contributed by atoms with van der Waals surface area (Å²) in [6.07, 6.45) is 15.7. The fraction of sp³-hybridized carbons (Fsp3) is 0.308. The normalized spacial score (nSPS) is 24.1. The molecule has 2 unspecified atom stereocenters. The Bertz CT molecular complexity index is 998. The summed E-state index contributed by atoms with van der Waals surface area (Å²) in [4.78, 5) is 20.7. The largest absolute Gasteiger partial charge is 0.307 e. The molecule has 1 aromatic carbocycles. The van der Waals surface area contributed by atoms with E-state index in [1.807, 2.05) is 31.9 Å². The molecular weight excluding hydrogens is 423 g/mol. The molecule has 3 nitrogen and oxygen atoms in total. The molecule has 1 fully saturated rings. The van der Waals surface area contributed by atoms with E-state index >= 15 is 0 Å². The van der Waals surface area contributed by atoms with Crippen molar-refractivity contribution >= 4 is 30.8 Å². The number of aryl methyl sites for hydroxylation is 1. The first-order chi connectivity index (χ1) is 14.6. The summed E-state index contributed by atoms with van der Waals surface area (Å²) in [6, 6.07) is 8.66. The molecule has 0 amide bonds. The van der Waals surface area contributed by atoms with Crippen molar-refractivity contribution in [2.45, 2.75) is 31.8 Å². The van der Waals surface area contributed by atoms with E-state index in [9.17, 15) is 4.79 Å². The van der Waals surface area contributed by atoms with Crippen LogP contribution in [0.15, 0.2) is 71.1 Å². The van der Waals surface area contributed by atoms with E-state index in [-0.39, 0.29) is 18.5 Å². The van der Waals surface area contributed by atoms with Crippen molar-refractivity contribution < 1.29 is 14.3 Å². The SMILES string of the molecule is C#C/C=C(/C)C/C=C\COC(=O)C1=C2C(C(c3ccc(C)cc3)C=C1)P2(C)(C)S.C=O. The van der Waals surface area contributed by atoms with Crippen molar-refractivity contribution in [1.82, 2.24) is 0 Å². The fourth-order valence-corrected chi connectivity index (χ4v) is 10.2. The number of terminal acetylenes is 1. The summed E-state index contributed by atoms with van der Waals surface area (Å²) in [7, 11) is 0. The van der Waals surface area contributed by atoms with Gasteiger partial charge in [0.2, 0.25) is 0 Å². The molecule has 0 aromatic heterocycles. The van der Waals surface area contributed by atoms with Crippen LogP contribution < -0.4 is 0 Å². The Morgan fingerprint density at radius 1 is 1.26 bits per heavy atom. The maximum absolute atomic E-state index is 12.7. The van der Waals surface area contributed by atoms with Crippen molar-refractivity contribution in [1.29, 1.82) is 0 Å². The van der Waals surface area contributed by atoms with Crippen LogP contribution in [-0.2, 0) is 14.3 Å². The molecule has 1 aromatic rings. The monoisotopic (exact) mass is 454 g/mol. The van der Waals surface area contributed by atoms with E-state index in [1.54, 1.807) is 6.08 Å². The number of thiol groups is 1. The number of allylic oxidation sites excluding steroid dienone is 5. The third-order valence-corrected chi connectivity index (χ3v) is 11.1. The van der Waals surface area contributed by atoms with Gasteiger partial charge >= 0.3 is 180 Å².